The molecule has 3 unspecified atom stereocenters. The first-order valence-corrected chi connectivity index (χ1v) is 21.8. The van der Waals surface area contributed by atoms with E-state index in [0.717, 1.165) is 43.4 Å². The molecule has 0 aromatic heterocycles. The van der Waals surface area contributed by atoms with Crippen LogP contribution in [0.1, 0.15) is 84.4 Å². The van der Waals surface area contributed by atoms with E-state index in [0.29, 0.717) is 0 Å². The summed E-state index contributed by atoms with van der Waals surface area (Å²) in [5.74, 6) is 2.57. The van der Waals surface area contributed by atoms with Gasteiger partial charge in [-0.25, -0.2) is 0 Å². The minimum Gasteiger partial charge on any atom is -0.310 e. The standard InChI is InChI=1S/C56H52N2/c1-56(2)52-16-10-9-15-49(52)50-32-31-48(37-53(50)56)58(46-13-7-4-8-14-46)55-36-39-18-23-42-22-17-38(19-24-43(55)25-20-39)35-54(42)57(45-11-5-3-6-12-45)47-29-27-41(28-30-47)51-34-40-21-26-44(51)33-40/h3-17,20,22,25,27-32,35-37,40,44,51H,18-19,21,23-24,26,33-34H2,1-2H3. The molecule has 7 aromatic carbocycles. The Morgan fingerprint density at radius 2 is 1.00 bits per heavy atom. The maximum absolute atomic E-state index is 2.52. The zero-order valence-corrected chi connectivity index (χ0v) is 33.9. The van der Waals surface area contributed by atoms with Crippen LogP contribution in [0.4, 0.5) is 34.1 Å². The van der Waals surface area contributed by atoms with Gasteiger partial charge in [0, 0.05) is 39.5 Å². The van der Waals surface area contributed by atoms with Crippen molar-refractivity contribution in [2.75, 3.05) is 9.80 Å². The molecule has 286 valence electrons. The lowest BCUT2D eigenvalue weighted by atomic mass is 9.82. The van der Waals surface area contributed by atoms with E-state index in [1.807, 2.05) is 0 Å². The van der Waals surface area contributed by atoms with Crippen LogP contribution in [-0.2, 0) is 31.1 Å². The monoisotopic (exact) mass is 752 g/mol. The van der Waals surface area contributed by atoms with E-state index in [1.165, 1.54) is 110 Å². The molecular formula is C56H52N2. The van der Waals surface area contributed by atoms with Crippen molar-refractivity contribution in [2.45, 2.75) is 76.5 Å². The summed E-state index contributed by atoms with van der Waals surface area (Å²) in [5, 5.41) is 0. The average molecular weight is 753 g/mol. The molecule has 58 heavy (non-hydrogen) atoms. The van der Waals surface area contributed by atoms with Crippen molar-refractivity contribution in [2.24, 2.45) is 11.8 Å². The second-order valence-corrected chi connectivity index (χ2v) is 18.0. The number of rotatable bonds is 7. The lowest BCUT2D eigenvalue weighted by molar-refractivity contribution is 0.420. The molecule has 0 spiro atoms. The summed E-state index contributed by atoms with van der Waals surface area (Å²) in [7, 11) is 0. The SMILES string of the molecule is CC1(C)c2ccccc2-c2ccc(N(c3ccccc3)c3cc4ccc3CCc3ccc(c(N(c5ccccc5)c5ccc(C6CC7CCC6C7)cc5)c3)CC4)cc21. The zero-order chi connectivity index (χ0) is 38.8. The maximum atomic E-state index is 2.52. The van der Waals surface area contributed by atoms with Crippen molar-refractivity contribution < 1.29 is 0 Å². The molecule has 7 aromatic rings. The Morgan fingerprint density at radius 3 is 1.60 bits per heavy atom. The molecule has 0 aliphatic heterocycles. The van der Waals surface area contributed by atoms with Gasteiger partial charge in [-0.05, 0) is 173 Å². The molecule has 3 atom stereocenters. The Balaban J connectivity index is 0.965. The topological polar surface area (TPSA) is 6.48 Å². The molecule has 2 fully saturated rings. The number of aryl methyl sites for hydroxylation is 4. The van der Waals surface area contributed by atoms with Crippen molar-refractivity contribution in [1.82, 2.24) is 0 Å². The molecule has 0 N–H and O–H groups in total. The Morgan fingerprint density at radius 1 is 0.448 bits per heavy atom. The van der Waals surface area contributed by atoms with Gasteiger partial charge in [0.1, 0.15) is 0 Å². The van der Waals surface area contributed by atoms with E-state index in [9.17, 15) is 0 Å². The first-order valence-electron chi connectivity index (χ1n) is 21.8. The lowest BCUT2D eigenvalue weighted by Crippen LogP contribution is -2.17. The van der Waals surface area contributed by atoms with E-state index in [-0.39, 0.29) is 5.41 Å². The van der Waals surface area contributed by atoms with Crippen LogP contribution in [0.25, 0.3) is 11.1 Å². The highest BCUT2D eigenvalue weighted by Crippen LogP contribution is 2.54. The number of hydrogen-bond donors (Lipinski definition) is 0. The van der Waals surface area contributed by atoms with Crippen LogP contribution < -0.4 is 9.80 Å². The van der Waals surface area contributed by atoms with Gasteiger partial charge in [-0.3, -0.25) is 0 Å². The van der Waals surface area contributed by atoms with E-state index in [1.54, 1.807) is 0 Å². The Labute approximate surface area is 344 Å². The van der Waals surface area contributed by atoms with Crippen LogP contribution in [-0.4, -0.2) is 0 Å². The molecule has 0 saturated heterocycles. The lowest BCUT2D eigenvalue weighted by Gasteiger charge is -2.31. The molecule has 7 aliphatic rings. The van der Waals surface area contributed by atoms with Gasteiger partial charge in [-0.2, -0.15) is 0 Å². The fraction of sp³-hybridized carbons (Fsp3) is 0.250. The summed E-state index contributed by atoms with van der Waals surface area (Å²) in [6, 6.07) is 62.4. The van der Waals surface area contributed by atoms with Crippen molar-refractivity contribution >= 4 is 34.1 Å². The minimum atomic E-state index is -0.0687. The first kappa shape index (κ1) is 35.3. The second-order valence-electron chi connectivity index (χ2n) is 18.0. The normalized spacial score (nSPS) is 19.7. The van der Waals surface area contributed by atoms with Crippen LogP contribution in [0.2, 0.25) is 0 Å². The van der Waals surface area contributed by atoms with Crippen LogP contribution in [0.5, 0.6) is 0 Å². The predicted molar refractivity (Wildman–Crippen MR) is 243 cm³/mol. The number of para-hydroxylation sites is 2. The number of benzene rings is 7. The van der Waals surface area contributed by atoms with Gasteiger partial charge in [0.25, 0.3) is 0 Å². The van der Waals surface area contributed by atoms with E-state index < -0.39 is 0 Å². The van der Waals surface area contributed by atoms with Gasteiger partial charge >= 0.3 is 0 Å². The molecule has 14 rings (SSSR count). The number of nitrogens with zero attached hydrogens (tertiary/aromatic N) is 2. The Kier molecular flexibility index (Phi) is 8.65. The molecule has 6 bridgehead atoms. The number of fused-ring (bicyclic) bond motifs is 5. The summed E-state index contributed by atoms with van der Waals surface area (Å²) < 4.78 is 0. The van der Waals surface area contributed by atoms with Crippen molar-refractivity contribution in [3.8, 4) is 11.1 Å². The highest BCUT2D eigenvalue weighted by atomic mass is 15.2. The summed E-state index contributed by atoms with van der Waals surface area (Å²) >= 11 is 0. The number of hydrogen-bond acceptors (Lipinski definition) is 2. The minimum absolute atomic E-state index is 0.0687. The summed E-state index contributed by atoms with van der Waals surface area (Å²) in [4.78, 5) is 5.04. The van der Waals surface area contributed by atoms with Crippen molar-refractivity contribution in [3.05, 3.63) is 203 Å². The van der Waals surface area contributed by atoms with Gasteiger partial charge in [-0.15, -0.1) is 0 Å². The summed E-state index contributed by atoms with van der Waals surface area (Å²) in [5.41, 5.74) is 19.9. The van der Waals surface area contributed by atoms with E-state index in [2.05, 4.69) is 187 Å². The molecule has 2 saturated carbocycles. The fourth-order valence-electron chi connectivity index (χ4n) is 11.3. The van der Waals surface area contributed by atoms with Crippen LogP contribution >= 0.6 is 0 Å². The molecule has 2 nitrogen and oxygen atoms in total. The number of anilines is 6. The third kappa shape index (κ3) is 6.08. The highest BCUT2D eigenvalue weighted by Gasteiger charge is 2.40. The van der Waals surface area contributed by atoms with Gasteiger partial charge in [0.2, 0.25) is 0 Å². The summed E-state index contributed by atoms with van der Waals surface area (Å²) in [6.45, 7) is 4.76. The van der Waals surface area contributed by atoms with Crippen LogP contribution in [0, 0.1) is 11.8 Å². The molecule has 0 heterocycles. The smallest absolute Gasteiger partial charge is 0.0496 e. The average Bonchev–Trinajstić information content (AvgIpc) is 3.96. The largest absolute Gasteiger partial charge is 0.310 e. The Hall–Kier alpha value is -5.86. The van der Waals surface area contributed by atoms with Gasteiger partial charge in [0.15, 0.2) is 0 Å². The molecule has 0 radical (unpaired) electrons. The van der Waals surface area contributed by atoms with Crippen molar-refractivity contribution in [3.63, 3.8) is 0 Å². The fourth-order valence-corrected chi connectivity index (χ4v) is 11.3. The quantitative estimate of drug-likeness (QED) is 0.160. The molecule has 2 heteroatoms. The third-order valence-electron chi connectivity index (χ3n) is 14.3. The van der Waals surface area contributed by atoms with E-state index >= 15 is 0 Å². The third-order valence-corrected chi connectivity index (χ3v) is 14.3. The molecular weight excluding hydrogens is 701 g/mol. The van der Waals surface area contributed by atoms with Gasteiger partial charge in [0.05, 0.1) is 0 Å². The Bertz CT molecular complexity index is 2620. The molecule has 7 aliphatic carbocycles. The second kappa shape index (κ2) is 14.2. The van der Waals surface area contributed by atoms with Crippen molar-refractivity contribution in [1.29, 1.82) is 0 Å². The molecule has 0 amide bonds. The van der Waals surface area contributed by atoms with E-state index in [4.69, 9.17) is 0 Å². The first-order chi connectivity index (χ1) is 28.5. The van der Waals surface area contributed by atoms with Gasteiger partial charge in [-0.1, -0.05) is 123 Å². The predicted octanol–water partition coefficient (Wildman–Crippen LogP) is 14.7. The maximum Gasteiger partial charge on any atom is 0.0496 e. The summed E-state index contributed by atoms with van der Waals surface area (Å²) in [6.07, 6.45) is 9.50. The van der Waals surface area contributed by atoms with Crippen LogP contribution in [0.15, 0.2) is 164 Å². The highest BCUT2D eigenvalue weighted by molar-refractivity contribution is 5.86. The van der Waals surface area contributed by atoms with Gasteiger partial charge < -0.3 is 9.80 Å². The zero-order valence-electron chi connectivity index (χ0n) is 33.9. The van der Waals surface area contributed by atoms with Crippen LogP contribution in [0.3, 0.4) is 0 Å².